The molecule has 132 valence electrons. The predicted octanol–water partition coefficient (Wildman–Crippen LogP) is 2.94. The van der Waals surface area contributed by atoms with Crippen LogP contribution in [0.2, 0.25) is 0 Å². The first kappa shape index (κ1) is 17.4. The van der Waals surface area contributed by atoms with E-state index in [1.165, 1.54) is 6.07 Å². The molecule has 0 aliphatic carbocycles. The van der Waals surface area contributed by atoms with E-state index >= 15 is 0 Å². The fraction of sp³-hybridized carbons (Fsp3) is 0.632. The molecule has 1 unspecified atom stereocenters. The normalized spacial score (nSPS) is 22.9. The van der Waals surface area contributed by atoms with Gasteiger partial charge in [-0.2, -0.15) is 0 Å². The smallest absolute Gasteiger partial charge is 0.222 e. The lowest BCUT2D eigenvalue weighted by atomic mass is 9.88. The molecule has 1 aromatic rings. The van der Waals surface area contributed by atoms with Crippen LogP contribution in [0.25, 0.3) is 0 Å². The van der Waals surface area contributed by atoms with Crippen molar-refractivity contribution in [2.24, 2.45) is 0 Å². The Hall–Kier alpha value is -1.46. The monoisotopic (exact) mass is 335 g/mol. The largest absolute Gasteiger partial charge is 0.376 e. The van der Waals surface area contributed by atoms with E-state index < -0.39 is 0 Å². The number of aryl methyl sites for hydroxylation is 1. The molecule has 4 nitrogen and oxygen atoms in total. The fourth-order valence-electron chi connectivity index (χ4n) is 3.76. The Kier molecular flexibility index (Phi) is 5.51. The molecule has 1 spiro atoms. The number of amides is 1. The van der Waals surface area contributed by atoms with Crippen molar-refractivity contribution >= 4 is 5.91 Å². The van der Waals surface area contributed by atoms with Gasteiger partial charge in [-0.1, -0.05) is 18.2 Å². The van der Waals surface area contributed by atoms with Gasteiger partial charge in [0.2, 0.25) is 5.91 Å². The summed E-state index contributed by atoms with van der Waals surface area (Å²) >= 11 is 0. The summed E-state index contributed by atoms with van der Waals surface area (Å²) in [6.45, 7) is 4.81. The minimum Gasteiger partial charge on any atom is -0.376 e. The van der Waals surface area contributed by atoms with E-state index in [2.05, 4.69) is 0 Å². The number of piperidine rings is 1. The molecule has 24 heavy (non-hydrogen) atoms. The molecule has 0 aromatic heterocycles. The van der Waals surface area contributed by atoms with Crippen LogP contribution in [0.4, 0.5) is 4.39 Å². The Labute approximate surface area is 142 Å². The molecule has 0 bridgehead atoms. The van der Waals surface area contributed by atoms with Crippen LogP contribution >= 0.6 is 0 Å². The zero-order valence-corrected chi connectivity index (χ0v) is 14.3. The van der Waals surface area contributed by atoms with Gasteiger partial charge in [-0.3, -0.25) is 4.79 Å². The Morgan fingerprint density at radius 3 is 2.83 bits per heavy atom. The minimum absolute atomic E-state index is 0.104. The van der Waals surface area contributed by atoms with E-state index in [-0.39, 0.29) is 23.4 Å². The molecule has 0 radical (unpaired) electrons. The van der Waals surface area contributed by atoms with Crippen LogP contribution in [0.5, 0.6) is 0 Å². The van der Waals surface area contributed by atoms with Crippen molar-refractivity contribution in [3.8, 4) is 0 Å². The SMILES string of the molecule is CCOC1COC2(CCN(C(=O)CCc3ccccc3F)CC2)C1. The quantitative estimate of drug-likeness (QED) is 0.830. The Balaban J connectivity index is 1.46. The highest BCUT2D eigenvalue weighted by Crippen LogP contribution is 2.37. The third-order valence-corrected chi connectivity index (χ3v) is 5.17. The molecule has 1 amide bonds. The number of carbonyl (C=O) groups excluding carboxylic acids is 1. The van der Waals surface area contributed by atoms with E-state index in [0.29, 0.717) is 31.6 Å². The lowest BCUT2D eigenvalue weighted by molar-refractivity contribution is -0.135. The Morgan fingerprint density at radius 1 is 1.38 bits per heavy atom. The molecule has 3 rings (SSSR count). The Morgan fingerprint density at radius 2 is 2.12 bits per heavy atom. The molecule has 2 aliphatic rings. The second kappa shape index (κ2) is 7.62. The van der Waals surface area contributed by atoms with Crippen LogP contribution < -0.4 is 0 Å². The topological polar surface area (TPSA) is 38.8 Å². The number of hydrogen-bond acceptors (Lipinski definition) is 3. The van der Waals surface area contributed by atoms with Crippen molar-refractivity contribution < 1.29 is 18.7 Å². The van der Waals surface area contributed by atoms with Gasteiger partial charge in [0.25, 0.3) is 0 Å². The number of benzene rings is 1. The van der Waals surface area contributed by atoms with Gasteiger partial charge >= 0.3 is 0 Å². The molecule has 1 atom stereocenters. The first-order chi connectivity index (χ1) is 11.6. The van der Waals surface area contributed by atoms with E-state index in [1.54, 1.807) is 18.2 Å². The van der Waals surface area contributed by atoms with Gasteiger partial charge in [-0.05, 0) is 37.8 Å². The highest BCUT2D eigenvalue weighted by Gasteiger charge is 2.43. The van der Waals surface area contributed by atoms with Crippen molar-refractivity contribution in [3.63, 3.8) is 0 Å². The van der Waals surface area contributed by atoms with Gasteiger partial charge in [-0.25, -0.2) is 4.39 Å². The highest BCUT2D eigenvalue weighted by molar-refractivity contribution is 5.76. The summed E-state index contributed by atoms with van der Waals surface area (Å²) in [4.78, 5) is 14.3. The second-order valence-corrected chi connectivity index (χ2v) is 6.75. The van der Waals surface area contributed by atoms with Crippen LogP contribution in [0, 0.1) is 5.82 Å². The molecular formula is C19H26FNO3. The number of halogens is 1. The summed E-state index contributed by atoms with van der Waals surface area (Å²) in [7, 11) is 0. The maximum absolute atomic E-state index is 13.6. The first-order valence-corrected chi connectivity index (χ1v) is 8.89. The van der Waals surface area contributed by atoms with Gasteiger partial charge in [0.05, 0.1) is 18.3 Å². The van der Waals surface area contributed by atoms with Crippen LogP contribution in [0.3, 0.4) is 0 Å². The summed E-state index contributed by atoms with van der Waals surface area (Å²) in [5, 5.41) is 0. The van der Waals surface area contributed by atoms with Crippen LogP contribution in [0.15, 0.2) is 24.3 Å². The lowest BCUT2D eigenvalue weighted by Gasteiger charge is -2.38. The number of carbonyl (C=O) groups is 1. The summed E-state index contributed by atoms with van der Waals surface area (Å²) in [5.74, 6) is -0.128. The average molecular weight is 335 g/mol. The standard InChI is InChI=1S/C19H26FNO3/c1-2-23-16-13-19(24-14-16)9-11-21(12-10-19)18(22)8-7-15-5-3-4-6-17(15)20/h3-6,16H,2,7-14H2,1H3. The third-order valence-electron chi connectivity index (χ3n) is 5.17. The molecule has 2 saturated heterocycles. The van der Waals surface area contributed by atoms with Crippen LogP contribution in [0.1, 0.15) is 38.2 Å². The molecule has 0 N–H and O–H groups in total. The van der Waals surface area contributed by atoms with E-state index in [0.717, 1.165) is 32.4 Å². The third kappa shape index (κ3) is 3.95. The minimum atomic E-state index is -0.232. The maximum Gasteiger partial charge on any atom is 0.222 e. The zero-order valence-electron chi connectivity index (χ0n) is 14.3. The van der Waals surface area contributed by atoms with Crippen molar-refractivity contribution in [2.75, 3.05) is 26.3 Å². The van der Waals surface area contributed by atoms with Crippen molar-refractivity contribution in [2.45, 2.75) is 50.7 Å². The van der Waals surface area contributed by atoms with Gasteiger partial charge in [0, 0.05) is 32.5 Å². The van der Waals surface area contributed by atoms with E-state index in [9.17, 15) is 9.18 Å². The van der Waals surface area contributed by atoms with Crippen LogP contribution in [-0.4, -0.2) is 48.8 Å². The fourth-order valence-corrected chi connectivity index (χ4v) is 3.76. The molecule has 5 heteroatoms. The van der Waals surface area contributed by atoms with Gasteiger partial charge < -0.3 is 14.4 Å². The molecule has 0 saturated carbocycles. The molecule has 2 aliphatic heterocycles. The number of rotatable bonds is 5. The summed E-state index contributed by atoms with van der Waals surface area (Å²) in [6.07, 6.45) is 3.66. The van der Waals surface area contributed by atoms with Crippen molar-refractivity contribution in [3.05, 3.63) is 35.6 Å². The van der Waals surface area contributed by atoms with Gasteiger partial charge in [0.15, 0.2) is 0 Å². The number of ether oxygens (including phenoxy) is 2. The van der Waals surface area contributed by atoms with Gasteiger partial charge in [0.1, 0.15) is 5.82 Å². The highest BCUT2D eigenvalue weighted by atomic mass is 19.1. The molecule has 2 heterocycles. The molecular weight excluding hydrogens is 309 g/mol. The average Bonchev–Trinajstić information content (AvgIpc) is 2.97. The lowest BCUT2D eigenvalue weighted by Crippen LogP contribution is -2.46. The summed E-state index contributed by atoms with van der Waals surface area (Å²) < 4.78 is 25.3. The number of likely N-dealkylation sites (tertiary alicyclic amines) is 1. The first-order valence-electron chi connectivity index (χ1n) is 8.89. The zero-order chi connectivity index (χ0) is 17.0. The Bertz CT molecular complexity index is 569. The van der Waals surface area contributed by atoms with Gasteiger partial charge in [-0.15, -0.1) is 0 Å². The van der Waals surface area contributed by atoms with E-state index in [4.69, 9.17) is 9.47 Å². The molecule has 1 aromatic carbocycles. The van der Waals surface area contributed by atoms with Crippen LogP contribution in [-0.2, 0) is 20.7 Å². The number of hydrogen-bond donors (Lipinski definition) is 0. The predicted molar refractivity (Wildman–Crippen MR) is 89.2 cm³/mol. The van der Waals surface area contributed by atoms with E-state index in [1.807, 2.05) is 11.8 Å². The van der Waals surface area contributed by atoms with Crippen molar-refractivity contribution in [1.82, 2.24) is 4.90 Å². The number of nitrogens with zero attached hydrogens (tertiary/aromatic N) is 1. The second-order valence-electron chi connectivity index (χ2n) is 6.75. The maximum atomic E-state index is 13.6. The summed E-state index contributed by atoms with van der Waals surface area (Å²) in [6, 6.07) is 6.66. The summed E-state index contributed by atoms with van der Waals surface area (Å²) in [5.41, 5.74) is 0.500. The molecule has 2 fully saturated rings. The van der Waals surface area contributed by atoms with Crippen molar-refractivity contribution in [1.29, 1.82) is 0 Å².